The highest BCUT2D eigenvalue weighted by molar-refractivity contribution is 5.57. The molecule has 0 heterocycles. The molecular weight excluding hydrogens is 257 g/mol. The number of ether oxygens (including phenoxy) is 1. The number of hydrogen-bond donors (Lipinski definition) is 2. The van der Waals surface area contributed by atoms with Crippen molar-refractivity contribution in [1.29, 1.82) is 0 Å². The first-order valence-corrected chi connectivity index (χ1v) is 6.53. The number of methoxy groups -OCH3 is 1. The van der Waals surface area contributed by atoms with E-state index in [1.54, 1.807) is 18.2 Å². The monoisotopic (exact) mass is 275 g/mol. The number of hydrogen-bond acceptors (Lipinski definition) is 3. The number of aromatic hydroxyl groups is 1. The Bertz CT molecular complexity index is 569. The normalized spacial score (nSPS) is 11.9. The van der Waals surface area contributed by atoms with E-state index in [-0.39, 0.29) is 17.6 Å². The Balaban J connectivity index is 2.24. The lowest BCUT2D eigenvalue weighted by Gasteiger charge is -2.20. The van der Waals surface area contributed by atoms with Crippen LogP contribution in [-0.2, 0) is 0 Å². The largest absolute Gasteiger partial charge is 0.508 e. The van der Waals surface area contributed by atoms with Crippen LogP contribution in [0.15, 0.2) is 42.5 Å². The van der Waals surface area contributed by atoms with Gasteiger partial charge in [0.15, 0.2) is 0 Å². The summed E-state index contributed by atoms with van der Waals surface area (Å²) in [7, 11) is 1.52. The summed E-state index contributed by atoms with van der Waals surface area (Å²) in [5, 5.41) is 12.7. The van der Waals surface area contributed by atoms with Gasteiger partial charge in [0.05, 0.1) is 18.8 Å². The first-order valence-electron chi connectivity index (χ1n) is 6.53. The third-order valence-corrected chi connectivity index (χ3v) is 3.20. The van der Waals surface area contributed by atoms with E-state index in [1.807, 2.05) is 12.1 Å². The van der Waals surface area contributed by atoms with Gasteiger partial charge in [0.1, 0.15) is 17.3 Å². The Morgan fingerprint density at radius 1 is 1.20 bits per heavy atom. The zero-order valence-corrected chi connectivity index (χ0v) is 11.6. The molecule has 1 atom stereocenters. The highest BCUT2D eigenvalue weighted by atomic mass is 19.1. The summed E-state index contributed by atoms with van der Waals surface area (Å²) in [5.41, 5.74) is 1.80. The van der Waals surface area contributed by atoms with E-state index in [1.165, 1.54) is 19.2 Å². The van der Waals surface area contributed by atoms with Crippen LogP contribution in [0, 0.1) is 5.82 Å². The van der Waals surface area contributed by atoms with Gasteiger partial charge < -0.3 is 15.2 Å². The number of rotatable bonds is 5. The Kier molecular flexibility index (Phi) is 4.45. The maximum atomic E-state index is 13.2. The van der Waals surface area contributed by atoms with Crippen molar-refractivity contribution < 1.29 is 14.2 Å². The molecule has 0 saturated carbocycles. The van der Waals surface area contributed by atoms with Crippen LogP contribution in [0.4, 0.5) is 10.1 Å². The van der Waals surface area contributed by atoms with E-state index in [4.69, 9.17) is 4.74 Å². The fraction of sp³-hybridized carbons (Fsp3) is 0.250. The lowest BCUT2D eigenvalue weighted by Crippen LogP contribution is -2.10. The molecule has 0 aromatic heterocycles. The molecule has 0 radical (unpaired) electrons. The molecule has 2 aromatic carbocycles. The second-order valence-corrected chi connectivity index (χ2v) is 4.54. The van der Waals surface area contributed by atoms with Crippen molar-refractivity contribution in [1.82, 2.24) is 0 Å². The Morgan fingerprint density at radius 3 is 2.50 bits per heavy atom. The summed E-state index contributed by atoms with van der Waals surface area (Å²) in [6.45, 7) is 2.06. The molecule has 0 aliphatic carbocycles. The number of anilines is 1. The van der Waals surface area contributed by atoms with E-state index >= 15 is 0 Å². The highest BCUT2D eigenvalue weighted by Crippen LogP contribution is 2.30. The fourth-order valence-corrected chi connectivity index (χ4v) is 2.10. The second-order valence-electron chi connectivity index (χ2n) is 4.54. The van der Waals surface area contributed by atoms with Crippen LogP contribution in [0.3, 0.4) is 0 Å². The molecule has 4 heteroatoms. The summed E-state index contributed by atoms with van der Waals surface area (Å²) < 4.78 is 18.4. The molecule has 20 heavy (non-hydrogen) atoms. The third kappa shape index (κ3) is 3.20. The molecule has 0 saturated heterocycles. The van der Waals surface area contributed by atoms with E-state index in [9.17, 15) is 9.50 Å². The van der Waals surface area contributed by atoms with E-state index < -0.39 is 0 Å². The van der Waals surface area contributed by atoms with Crippen molar-refractivity contribution in [2.24, 2.45) is 0 Å². The predicted molar refractivity (Wildman–Crippen MR) is 77.7 cm³/mol. The van der Waals surface area contributed by atoms with Crippen LogP contribution in [0.2, 0.25) is 0 Å². The molecule has 2 N–H and O–H groups in total. The Morgan fingerprint density at radius 2 is 1.90 bits per heavy atom. The molecular formula is C16H18FNO2. The van der Waals surface area contributed by atoms with Crippen LogP contribution in [0.25, 0.3) is 0 Å². The van der Waals surface area contributed by atoms with Crippen molar-refractivity contribution >= 4 is 5.69 Å². The summed E-state index contributed by atoms with van der Waals surface area (Å²) in [6, 6.07) is 11.5. The molecule has 0 aliphatic heterocycles. The fourth-order valence-electron chi connectivity index (χ4n) is 2.10. The van der Waals surface area contributed by atoms with Gasteiger partial charge in [-0.2, -0.15) is 0 Å². The van der Waals surface area contributed by atoms with Crippen molar-refractivity contribution in [3.05, 3.63) is 53.8 Å². The number of phenols is 1. The van der Waals surface area contributed by atoms with Crippen molar-refractivity contribution in [3.8, 4) is 11.5 Å². The summed E-state index contributed by atoms with van der Waals surface area (Å²) in [6.07, 6.45) is 0.852. The molecule has 106 valence electrons. The predicted octanol–water partition coefficient (Wildman–Crippen LogP) is 4.10. The standard InChI is InChI=1S/C16H18FNO2/c1-3-14(11-4-7-13(19)8-5-11)18-15-9-6-12(17)10-16(15)20-2/h4-10,14,18-19H,3H2,1-2H3. The highest BCUT2D eigenvalue weighted by Gasteiger charge is 2.12. The minimum Gasteiger partial charge on any atom is -0.508 e. The van der Waals surface area contributed by atoms with Crippen LogP contribution >= 0.6 is 0 Å². The SMILES string of the molecule is CCC(Nc1ccc(F)cc1OC)c1ccc(O)cc1. The van der Waals surface area contributed by atoms with Gasteiger partial charge in [-0.1, -0.05) is 19.1 Å². The summed E-state index contributed by atoms with van der Waals surface area (Å²) >= 11 is 0. The van der Waals surface area contributed by atoms with Crippen LogP contribution in [0.5, 0.6) is 11.5 Å². The van der Waals surface area contributed by atoms with E-state index in [0.717, 1.165) is 17.7 Å². The maximum Gasteiger partial charge on any atom is 0.144 e. The molecule has 0 bridgehead atoms. The molecule has 0 amide bonds. The quantitative estimate of drug-likeness (QED) is 0.863. The topological polar surface area (TPSA) is 41.5 Å². The minimum atomic E-state index is -0.329. The summed E-state index contributed by atoms with van der Waals surface area (Å²) in [5.74, 6) is 0.385. The van der Waals surface area contributed by atoms with Crippen molar-refractivity contribution in [2.45, 2.75) is 19.4 Å². The average molecular weight is 275 g/mol. The number of phenolic OH excluding ortho intramolecular Hbond substituents is 1. The molecule has 0 fully saturated rings. The van der Waals surface area contributed by atoms with Gasteiger partial charge in [-0.15, -0.1) is 0 Å². The van der Waals surface area contributed by atoms with E-state index in [0.29, 0.717) is 5.75 Å². The Hall–Kier alpha value is -2.23. The van der Waals surface area contributed by atoms with Gasteiger partial charge in [0.2, 0.25) is 0 Å². The number of halogens is 1. The molecule has 2 rings (SSSR count). The van der Waals surface area contributed by atoms with Gasteiger partial charge >= 0.3 is 0 Å². The number of benzene rings is 2. The Labute approximate surface area is 118 Å². The molecule has 2 aromatic rings. The molecule has 1 unspecified atom stereocenters. The van der Waals surface area contributed by atoms with Crippen molar-refractivity contribution in [2.75, 3.05) is 12.4 Å². The van der Waals surface area contributed by atoms with Gasteiger partial charge in [-0.25, -0.2) is 4.39 Å². The van der Waals surface area contributed by atoms with Gasteiger partial charge in [-0.3, -0.25) is 0 Å². The zero-order chi connectivity index (χ0) is 14.5. The first kappa shape index (κ1) is 14.2. The molecule has 0 aliphatic rings. The molecule has 0 spiro atoms. The maximum absolute atomic E-state index is 13.2. The smallest absolute Gasteiger partial charge is 0.144 e. The lowest BCUT2D eigenvalue weighted by molar-refractivity contribution is 0.412. The van der Waals surface area contributed by atoms with Gasteiger partial charge in [0.25, 0.3) is 0 Å². The average Bonchev–Trinajstić information content (AvgIpc) is 2.47. The lowest BCUT2D eigenvalue weighted by atomic mass is 10.0. The number of nitrogens with one attached hydrogen (secondary N) is 1. The van der Waals surface area contributed by atoms with Crippen molar-refractivity contribution in [3.63, 3.8) is 0 Å². The van der Waals surface area contributed by atoms with Gasteiger partial charge in [-0.05, 0) is 36.2 Å². The molecule has 3 nitrogen and oxygen atoms in total. The van der Waals surface area contributed by atoms with Crippen LogP contribution in [-0.4, -0.2) is 12.2 Å². The summed E-state index contributed by atoms with van der Waals surface area (Å²) in [4.78, 5) is 0. The van der Waals surface area contributed by atoms with Crippen LogP contribution in [0.1, 0.15) is 24.9 Å². The second kappa shape index (κ2) is 6.28. The minimum absolute atomic E-state index is 0.0648. The third-order valence-electron chi connectivity index (χ3n) is 3.20. The van der Waals surface area contributed by atoms with E-state index in [2.05, 4.69) is 12.2 Å². The van der Waals surface area contributed by atoms with Crippen LogP contribution < -0.4 is 10.1 Å². The van der Waals surface area contributed by atoms with Gasteiger partial charge in [0, 0.05) is 6.07 Å². The first-order chi connectivity index (χ1) is 9.63. The zero-order valence-electron chi connectivity index (χ0n) is 11.6.